The van der Waals surface area contributed by atoms with Crippen molar-refractivity contribution in [1.29, 1.82) is 0 Å². The maximum Gasteiger partial charge on any atom is 0.283 e. The molecule has 0 radical (unpaired) electrons. The van der Waals surface area contributed by atoms with Crippen molar-refractivity contribution in [2.45, 2.75) is 26.1 Å². The van der Waals surface area contributed by atoms with Crippen LogP contribution in [-0.4, -0.2) is 68.1 Å². The molecule has 0 aliphatic carbocycles. The first-order chi connectivity index (χ1) is 18.7. The molecule has 1 fully saturated rings. The average Bonchev–Trinajstić information content (AvgIpc) is 3.57. The predicted molar refractivity (Wildman–Crippen MR) is 147 cm³/mol. The van der Waals surface area contributed by atoms with E-state index >= 15 is 0 Å². The van der Waals surface area contributed by atoms with E-state index in [1.807, 2.05) is 36.9 Å². The van der Waals surface area contributed by atoms with Crippen LogP contribution in [0, 0.1) is 6.92 Å². The summed E-state index contributed by atoms with van der Waals surface area (Å²) in [6.45, 7) is 6.90. The van der Waals surface area contributed by atoms with Crippen molar-refractivity contribution in [1.82, 2.24) is 29.4 Å². The van der Waals surface area contributed by atoms with Gasteiger partial charge < -0.3 is 14.5 Å². The molecular formula is C27H30F2N7O2P. The quantitative estimate of drug-likeness (QED) is 0.306. The van der Waals surface area contributed by atoms with E-state index in [9.17, 15) is 13.6 Å². The molecule has 1 aliphatic rings. The van der Waals surface area contributed by atoms with Crippen LogP contribution in [0.3, 0.4) is 0 Å². The van der Waals surface area contributed by atoms with Crippen LogP contribution in [0.1, 0.15) is 18.3 Å². The highest BCUT2D eigenvalue weighted by atomic mass is 31.0. The fourth-order valence-electron chi connectivity index (χ4n) is 4.56. The monoisotopic (exact) mass is 553 g/mol. The lowest BCUT2D eigenvalue weighted by Crippen LogP contribution is -2.49. The second kappa shape index (κ2) is 11.1. The molecule has 3 heterocycles. The minimum Gasteiger partial charge on any atom is -0.492 e. The Morgan fingerprint density at radius 1 is 1.08 bits per heavy atom. The molecule has 1 aliphatic heterocycles. The van der Waals surface area contributed by atoms with E-state index in [1.54, 1.807) is 49.3 Å². The standard InChI is InChI=1S/C27H30F2N7O2P/c1-3-38-25-16-22(7-8-24(25)36-18-30-19(2)31-36)33-11-13-34(14-12-33)26(37)17-35-10-9-23(32-35)20-5-4-6-21(15-20)27(28,29)39/h4-10,15-16,18H,3,11-14,17,39H2,1-2H3. The number of benzene rings is 2. The van der Waals surface area contributed by atoms with Gasteiger partial charge in [0.05, 0.1) is 12.3 Å². The van der Waals surface area contributed by atoms with Gasteiger partial charge in [-0.3, -0.25) is 9.48 Å². The number of aryl methyl sites for hydroxylation is 1. The predicted octanol–water partition coefficient (Wildman–Crippen LogP) is 4.11. The molecule has 0 saturated carbocycles. The van der Waals surface area contributed by atoms with Gasteiger partial charge in [0.15, 0.2) is 0 Å². The molecule has 0 N–H and O–H groups in total. The largest absolute Gasteiger partial charge is 0.492 e. The molecule has 1 amide bonds. The first kappa shape index (κ1) is 26.7. The Hall–Kier alpha value is -3.85. The minimum atomic E-state index is -3.01. The van der Waals surface area contributed by atoms with Crippen LogP contribution in [-0.2, 0) is 17.0 Å². The summed E-state index contributed by atoms with van der Waals surface area (Å²) < 4.78 is 36.5. The van der Waals surface area contributed by atoms with Gasteiger partial charge in [-0.25, -0.2) is 9.67 Å². The van der Waals surface area contributed by atoms with Crippen molar-refractivity contribution in [2.75, 3.05) is 37.7 Å². The van der Waals surface area contributed by atoms with Gasteiger partial charge in [0.25, 0.3) is 5.66 Å². The molecule has 204 valence electrons. The molecule has 1 atom stereocenters. The number of nitrogens with zero attached hydrogens (tertiary/aromatic N) is 7. The van der Waals surface area contributed by atoms with E-state index in [2.05, 4.69) is 20.1 Å². The minimum absolute atomic E-state index is 0.0403. The number of hydrogen-bond acceptors (Lipinski definition) is 6. The fourth-order valence-corrected chi connectivity index (χ4v) is 4.74. The van der Waals surface area contributed by atoms with Gasteiger partial charge in [0.1, 0.15) is 30.1 Å². The zero-order valence-electron chi connectivity index (χ0n) is 21.8. The molecule has 4 aromatic rings. The van der Waals surface area contributed by atoms with Crippen LogP contribution in [0.25, 0.3) is 16.9 Å². The Morgan fingerprint density at radius 2 is 1.87 bits per heavy atom. The maximum absolute atomic E-state index is 13.7. The van der Waals surface area contributed by atoms with E-state index < -0.39 is 5.66 Å². The van der Waals surface area contributed by atoms with Crippen molar-refractivity contribution in [3.8, 4) is 22.7 Å². The molecule has 5 rings (SSSR count). The van der Waals surface area contributed by atoms with E-state index in [0.717, 1.165) is 17.1 Å². The summed E-state index contributed by atoms with van der Waals surface area (Å²) in [4.78, 5) is 21.2. The zero-order chi connectivity index (χ0) is 27.6. The van der Waals surface area contributed by atoms with Gasteiger partial charge in [0.2, 0.25) is 5.91 Å². The van der Waals surface area contributed by atoms with Gasteiger partial charge in [0, 0.05) is 55.3 Å². The summed E-state index contributed by atoms with van der Waals surface area (Å²) in [5.41, 5.74) is -0.169. The molecule has 9 nitrogen and oxygen atoms in total. The second-order valence-electron chi connectivity index (χ2n) is 9.29. The van der Waals surface area contributed by atoms with Crippen molar-refractivity contribution >= 4 is 20.8 Å². The van der Waals surface area contributed by atoms with Gasteiger partial charge in [-0.15, -0.1) is 0 Å². The van der Waals surface area contributed by atoms with Crippen molar-refractivity contribution in [2.24, 2.45) is 0 Å². The zero-order valence-corrected chi connectivity index (χ0v) is 23.0. The summed E-state index contributed by atoms with van der Waals surface area (Å²) in [7, 11) is 1.55. The first-order valence-corrected chi connectivity index (χ1v) is 13.3. The Bertz CT molecular complexity index is 1460. The van der Waals surface area contributed by atoms with Crippen molar-refractivity contribution < 1.29 is 18.3 Å². The molecule has 39 heavy (non-hydrogen) atoms. The van der Waals surface area contributed by atoms with Crippen LogP contribution in [0.5, 0.6) is 5.75 Å². The number of aromatic nitrogens is 5. The lowest BCUT2D eigenvalue weighted by molar-refractivity contribution is -0.132. The second-order valence-corrected chi connectivity index (χ2v) is 10.0. The number of ether oxygens (including phenoxy) is 1. The number of carbonyl (C=O) groups is 1. The third kappa shape index (κ3) is 6.09. The van der Waals surface area contributed by atoms with E-state index in [4.69, 9.17) is 4.74 Å². The Morgan fingerprint density at radius 3 is 2.56 bits per heavy atom. The average molecular weight is 554 g/mol. The summed E-state index contributed by atoms with van der Waals surface area (Å²) in [5.74, 6) is 1.37. The van der Waals surface area contributed by atoms with Crippen LogP contribution in [0.4, 0.5) is 14.5 Å². The van der Waals surface area contributed by atoms with Gasteiger partial charge in [-0.2, -0.15) is 19.0 Å². The van der Waals surface area contributed by atoms with E-state index in [0.29, 0.717) is 49.9 Å². The summed E-state index contributed by atoms with van der Waals surface area (Å²) >= 11 is 0. The third-order valence-electron chi connectivity index (χ3n) is 6.58. The lowest BCUT2D eigenvalue weighted by atomic mass is 10.1. The third-order valence-corrected chi connectivity index (χ3v) is 6.91. The Labute approximate surface area is 227 Å². The molecule has 12 heteroatoms. The van der Waals surface area contributed by atoms with Crippen LogP contribution in [0.2, 0.25) is 0 Å². The maximum atomic E-state index is 13.7. The molecular weight excluding hydrogens is 523 g/mol. The molecule has 1 saturated heterocycles. The van der Waals surface area contributed by atoms with E-state index in [1.165, 1.54) is 12.1 Å². The smallest absolute Gasteiger partial charge is 0.283 e. The van der Waals surface area contributed by atoms with Crippen LogP contribution >= 0.6 is 9.24 Å². The number of hydrogen-bond donors (Lipinski definition) is 0. The van der Waals surface area contributed by atoms with Crippen molar-refractivity contribution in [3.63, 3.8) is 0 Å². The normalized spacial score (nSPS) is 14.1. The highest BCUT2D eigenvalue weighted by Crippen LogP contribution is 2.36. The Kier molecular flexibility index (Phi) is 7.61. The highest BCUT2D eigenvalue weighted by molar-refractivity contribution is 7.17. The number of alkyl halides is 2. The first-order valence-electron chi connectivity index (χ1n) is 12.7. The van der Waals surface area contributed by atoms with E-state index in [-0.39, 0.29) is 18.0 Å². The number of anilines is 1. The molecule has 0 bridgehead atoms. The molecule has 2 aromatic heterocycles. The molecule has 2 aromatic carbocycles. The van der Waals surface area contributed by atoms with Crippen molar-refractivity contribution in [3.05, 3.63) is 72.4 Å². The van der Waals surface area contributed by atoms with Gasteiger partial charge in [-0.1, -0.05) is 27.4 Å². The molecule has 0 spiro atoms. The number of carbonyl (C=O) groups excluding carboxylic acids is 1. The summed E-state index contributed by atoms with van der Waals surface area (Å²) in [5, 5.41) is 8.84. The topological polar surface area (TPSA) is 81.3 Å². The molecule has 1 unspecified atom stereocenters. The van der Waals surface area contributed by atoms with Crippen LogP contribution < -0.4 is 9.64 Å². The van der Waals surface area contributed by atoms with Gasteiger partial charge in [-0.05, 0) is 38.1 Å². The summed E-state index contributed by atoms with van der Waals surface area (Å²) in [6, 6.07) is 13.8. The Balaban J connectivity index is 1.21. The van der Waals surface area contributed by atoms with Gasteiger partial charge >= 0.3 is 0 Å². The van der Waals surface area contributed by atoms with Crippen LogP contribution in [0.15, 0.2) is 61.1 Å². The number of rotatable bonds is 8. The number of halogens is 2. The SMILES string of the molecule is CCOc1cc(N2CCN(C(=O)Cn3ccc(-c4cccc(C(F)(F)P)c4)n3)CC2)ccc1-n1cnc(C)n1. The lowest BCUT2D eigenvalue weighted by Gasteiger charge is -2.36. The number of amides is 1. The highest BCUT2D eigenvalue weighted by Gasteiger charge is 2.25. The fraction of sp³-hybridized carbons (Fsp3) is 0.333. The summed E-state index contributed by atoms with van der Waals surface area (Å²) in [6.07, 6.45) is 3.36. The number of piperazine rings is 1.